The Morgan fingerprint density at radius 2 is 1.85 bits per heavy atom. The minimum absolute atomic E-state index is 0.0409. The second-order valence-corrected chi connectivity index (χ2v) is 12.6. The fourth-order valence-electron chi connectivity index (χ4n) is 3.64. The molecule has 8 nitrogen and oxygen atoms in total. The predicted molar refractivity (Wildman–Crippen MR) is 149 cm³/mol. The maximum atomic E-state index is 13.0. The van der Waals surface area contributed by atoms with E-state index in [4.69, 9.17) is 32.7 Å². The van der Waals surface area contributed by atoms with Crippen LogP contribution in [0.4, 0.5) is 19.3 Å². The SMILES string of the molecule is CS(=O)(=O)Nc1cccc(SC(=O)O[C@@H](Cc2c(Cl)cncc2Cl)c2ccc(OC(F)F)c(OCC3CC3)c2)c1. The van der Waals surface area contributed by atoms with E-state index in [0.29, 0.717) is 28.5 Å². The van der Waals surface area contributed by atoms with Crippen LogP contribution < -0.4 is 14.2 Å². The monoisotopic (exact) mass is 632 g/mol. The number of alkyl halides is 2. The standard InChI is InChI=1S/C26H24Cl2F2N2O6S2/c1-40(34,35)32-17-3-2-4-18(10-17)39-26(33)38-23(11-19-20(27)12-31-13-21(19)28)16-7-8-22(37-25(29)30)24(9-16)36-14-15-5-6-15/h2-4,7-10,12-13,15,23,25,32H,5-6,11,14H2,1H3/t23-/m0/s1. The van der Waals surface area contributed by atoms with Gasteiger partial charge in [0.05, 0.1) is 22.9 Å². The summed E-state index contributed by atoms with van der Waals surface area (Å²) in [6.07, 6.45) is 4.88. The number of nitrogens with zero attached hydrogens (tertiary/aromatic N) is 1. The topological polar surface area (TPSA) is 104 Å². The van der Waals surface area contributed by atoms with Crippen molar-refractivity contribution in [3.8, 4) is 11.5 Å². The molecule has 1 aliphatic rings. The van der Waals surface area contributed by atoms with Gasteiger partial charge < -0.3 is 14.2 Å². The first kappa shape index (κ1) is 30.2. The van der Waals surface area contributed by atoms with Gasteiger partial charge in [-0.15, -0.1) is 0 Å². The fraction of sp³-hybridized carbons (Fsp3) is 0.308. The van der Waals surface area contributed by atoms with E-state index in [1.807, 2.05) is 0 Å². The maximum Gasteiger partial charge on any atom is 0.387 e. The molecule has 1 atom stereocenters. The number of pyridine rings is 1. The quantitative estimate of drug-likeness (QED) is 0.163. The Bertz CT molecular complexity index is 1460. The summed E-state index contributed by atoms with van der Waals surface area (Å²) in [6, 6.07) is 10.5. The highest BCUT2D eigenvalue weighted by Gasteiger charge is 2.26. The van der Waals surface area contributed by atoms with Crippen molar-refractivity contribution in [1.82, 2.24) is 4.98 Å². The van der Waals surface area contributed by atoms with Gasteiger partial charge in [0.2, 0.25) is 10.0 Å². The number of thioether (sulfide) groups is 1. The number of carbonyl (C=O) groups excluding carboxylic acids is 1. The Hall–Kier alpha value is -2.80. The van der Waals surface area contributed by atoms with Crippen molar-refractivity contribution in [3.05, 3.63) is 76.0 Å². The van der Waals surface area contributed by atoms with Gasteiger partial charge in [-0.25, -0.2) is 13.2 Å². The molecule has 0 aliphatic heterocycles. The Morgan fingerprint density at radius 3 is 2.50 bits per heavy atom. The summed E-state index contributed by atoms with van der Waals surface area (Å²) >= 11 is 13.4. The van der Waals surface area contributed by atoms with Crippen molar-refractivity contribution in [2.24, 2.45) is 5.92 Å². The van der Waals surface area contributed by atoms with Crippen LogP contribution in [0, 0.1) is 5.92 Å². The van der Waals surface area contributed by atoms with Crippen LogP contribution in [0.15, 0.2) is 59.8 Å². The van der Waals surface area contributed by atoms with E-state index in [0.717, 1.165) is 30.9 Å². The second kappa shape index (κ2) is 13.2. The van der Waals surface area contributed by atoms with E-state index in [1.165, 1.54) is 36.7 Å². The van der Waals surface area contributed by atoms with Crippen LogP contribution in [-0.4, -0.2) is 38.2 Å². The molecule has 40 heavy (non-hydrogen) atoms. The molecule has 0 spiro atoms. The first-order valence-electron chi connectivity index (χ1n) is 11.9. The molecule has 3 aromatic rings. The Kier molecular flexibility index (Phi) is 9.99. The molecule has 1 aromatic heterocycles. The van der Waals surface area contributed by atoms with Crippen molar-refractivity contribution in [1.29, 1.82) is 0 Å². The van der Waals surface area contributed by atoms with Gasteiger partial charge >= 0.3 is 11.9 Å². The highest BCUT2D eigenvalue weighted by molar-refractivity contribution is 8.13. The van der Waals surface area contributed by atoms with Crippen LogP contribution in [0.2, 0.25) is 10.0 Å². The van der Waals surface area contributed by atoms with Crippen molar-refractivity contribution >= 4 is 56.0 Å². The largest absolute Gasteiger partial charge is 0.489 e. The van der Waals surface area contributed by atoms with Crippen molar-refractivity contribution in [2.75, 3.05) is 17.6 Å². The number of carbonyl (C=O) groups is 1. The molecule has 1 aliphatic carbocycles. The second-order valence-electron chi connectivity index (χ2n) is 8.99. The molecule has 2 aromatic carbocycles. The zero-order valence-corrected chi connectivity index (χ0v) is 24.1. The van der Waals surface area contributed by atoms with Gasteiger partial charge in [0, 0.05) is 29.4 Å². The minimum atomic E-state index is -3.52. The molecule has 1 saturated carbocycles. The van der Waals surface area contributed by atoms with Gasteiger partial charge in [-0.2, -0.15) is 8.78 Å². The predicted octanol–water partition coefficient (Wildman–Crippen LogP) is 7.36. The van der Waals surface area contributed by atoms with E-state index < -0.39 is 28.0 Å². The smallest absolute Gasteiger partial charge is 0.387 e. The Labute approximate surface area is 244 Å². The zero-order valence-electron chi connectivity index (χ0n) is 21.0. The first-order valence-corrected chi connectivity index (χ1v) is 15.4. The highest BCUT2D eigenvalue weighted by Crippen LogP contribution is 2.38. The molecule has 4 rings (SSSR count). The summed E-state index contributed by atoms with van der Waals surface area (Å²) in [5.41, 5.74) is 1.17. The van der Waals surface area contributed by atoms with Gasteiger partial charge in [0.1, 0.15) is 6.10 Å². The summed E-state index contributed by atoms with van der Waals surface area (Å²) in [6.45, 7) is -2.72. The van der Waals surface area contributed by atoms with E-state index in [2.05, 4.69) is 14.4 Å². The number of ether oxygens (including phenoxy) is 3. The number of nitrogens with one attached hydrogen (secondary N) is 1. The normalized spacial score (nSPS) is 14.1. The molecule has 214 valence electrons. The highest BCUT2D eigenvalue weighted by atomic mass is 35.5. The molecule has 1 fully saturated rings. The number of halogens is 4. The maximum absolute atomic E-state index is 13.0. The van der Waals surface area contributed by atoms with E-state index in [-0.39, 0.29) is 33.7 Å². The third-order valence-corrected chi connectivity index (χ3v) is 7.66. The third-order valence-electron chi connectivity index (χ3n) is 5.65. The number of benzene rings is 2. The van der Waals surface area contributed by atoms with Crippen LogP contribution in [0.3, 0.4) is 0 Å². The summed E-state index contributed by atoms with van der Waals surface area (Å²) in [7, 11) is -3.52. The van der Waals surface area contributed by atoms with Gasteiger partial charge in [-0.3, -0.25) is 9.71 Å². The van der Waals surface area contributed by atoms with E-state index in [9.17, 15) is 22.0 Å². The van der Waals surface area contributed by atoms with Crippen LogP contribution in [0.25, 0.3) is 0 Å². The van der Waals surface area contributed by atoms with Gasteiger partial charge in [0.25, 0.3) is 0 Å². The number of sulfonamides is 1. The summed E-state index contributed by atoms with van der Waals surface area (Å²) < 4.78 is 67.7. The van der Waals surface area contributed by atoms with Crippen molar-refractivity contribution in [2.45, 2.75) is 36.9 Å². The molecule has 0 radical (unpaired) electrons. The van der Waals surface area contributed by atoms with Crippen LogP contribution in [-0.2, 0) is 21.2 Å². The van der Waals surface area contributed by atoms with Crippen LogP contribution in [0.1, 0.15) is 30.1 Å². The average molecular weight is 634 g/mol. The number of aromatic nitrogens is 1. The molecule has 0 saturated heterocycles. The number of hydrogen-bond acceptors (Lipinski definition) is 8. The fourth-order valence-corrected chi connectivity index (χ4v) is 5.41. The molecule has 0 bridgehead atoms. The van der Waals surface area contributed by atoms with Crippen LogP contribution >= 0.6 is 35.0 Å². The molecular formula is C26H24Cl2F2N2O6S2. The molecule has 14 heteroatoms. The Morgan fingerprint density at radius 1 is 1.12 bits per heavy atom. The van der Waals surface area contributed by atoms with Crippen molar-refractivity contribution in [3.63, 3.8) is 0 Å². The number of anilines is 1. The first-order chi connectivity index (χ1) is 19.0. The molecular weight excluding hydrogens is 609 g/mol. The number of hydrogen-bond donors (Lipinski definition) is 1. The van der Waals surface area contributed by atoms with Gasteiger partial charge in [-0.05, 0) is 72.0 Å². The molecule has 0 amide bonds. The average Bonchev–Trinajstić information content (AvgIpc) is 3.68. The molecule has 1 heterocycles. The lowest BCUT2D eigenvalue weighted by atomic mass is 10.0. The lowest BCUT2D eigenvalue weighted by Crippen LogP contribution is -2.13. The lowest BCUT2D eigenvalue weighted by Gasteiger charge is -2.21. The summed E-state index contributed by atoms with van der Waals surface area (Å²) in [4.78, 5) is 17.4. The number of rotatable bonds is 12. The molecule has 1 N–H and O–H groups in total. The third kappa shape index (κ3) is 9.12. The van der Waals surface area contributed by atoms with Crippen LogP contribution in [0.5, 0.6) is 11.5 Å². The van der Waals surface area contributed by atoms with E-state index >= 15 is 0 Å². The Balaban J connectivity index is 1.61. The molecule has 0 unspecified atom stereocenters. The minimum Gasteiger partial charge on any atom is -0.489 e. The van der Waals surface area contributed by atoms with Gasteiger partial charge in [0.15, 0.2) is 11.5 Å². The summed E-state index contributed by atoms with van der Waals surface area (Å²) in [5, 5.41) is -0.205. The van der Waals surface area contributed by atoms with Gasteiger partial charge in [-0.1, -0.05) is 35.3 Å². The lowest BCUT2D eigenvalue weighted by molar-refractivity contribution is -0.0515. The van der Waals surface area contributed by atoms with E-state index in [1.54, 1.807) is 18.2 Å². The van der Waals surface area contributed by atoms with Crippen molar-refractivity contribution < 1.29 is 36.2 Å². The zero-order chi connectivity index (χ0) is 28.9. The summed E-state index contributed by atoms with van der Waals surface area (Å²) in [5.74, 6) is 0.286.